The van der Waals surface area contributed by atoms with Crippen molar-refractivity contribution >= 4 is 10.9 Å². The molecule has 7 nitrogen and oxygen atoms in total. The molecule has 104 valence electrons. The third-order valence-corrected chi connectivity index (χ3v) is 3.52. The second kappa shape index (κ2) is 5.01. The number of tetrazole rings is 1. The summed E-state index contributed by atoms with van der Waals surface area (Å²) in [7, 11) is 0. The number of nitrogens with one attached hydrogen (secondary N) is 2. The highest BCUT2D eigenvalue weighted by atomic mass is 15.5. The molecule has 20 heavy (non-hydrogen) atoms. The second-order valence-corrected chi connectivity index (χ2v) is 4.93. The predicted molar refractivity (Wildman–Crippen MR) is 75.0 cm³/mol. The number of aromatic amines is 2. The highest BCUT2D eigenvalue weighted by molar-refractivity contribution is 5.85. The molecule has 4 N–H and O–H groups in total. The average molecular weight is 271 g/mol. The first-order valence-corrected chi connectivity index (χ1v) is 6.64. The van der Waals surface area contributed by atoms with Crippen LogP contribution in [0.3, 0.4) is 0 Å². The number of hydrogen-bond acceptors (Lipinski definition) is 5. The zero-order valence-corrected chi connectivity index (χ0v) is 11.5. The molecule has 2 heterocycles. The van der Waals surface area contributed by atoms with Gasteiger partial charge in [0.15, 0.2) is 5.82 Å². The Hall–Kier alpha value is -2.28. The zero-order chi connectivity index (χ0) is 14.1. The average Bonchev–Trinajstić information content (AvgIpc) is 3.09. The monoisotopic (exact) mass is 271 g/mol. The van der Waals surface area contributed by atoms with Crippen molar-refractivity contribution in [2.75, 3.05) is 0 Å². The summed E-state index contributed by atoms with van der Waals surface area (Å²) in [5.74, 6) is 0.534. The summed E-state index contributed by atoms with van der Waals surface area (Å²) in [5, 5.41) is 22.4. The number of H-pyrrole nitrogens is 2. The summed E-state index contributed by atoms with van der Waals surface area (Å²) in [4.78, 5) is 0. The number of fused-ring (bicyclic) bond motifs is 1. The lowest BCUT2D eigenvalue weighted by atomic mass is 9.99. The molecule has 0 saturated heterocycles. The van der Waals surface area contributed by atoms with Crippen LogP contribution in [0.1, 0.15) is 35.6 Å². The van der Waals surface area contributed by atoms with Gasteiger partial charge in [-0.1, -0.05) is 18.2 Å². The molecule has 0 spiro atoms. The molecule has 1 unspecified atom stereocenters. The molecule has 0 fully saturated rings. The first-order chi connectivity index (χ1) is 9.69. The van der Waals surface area contributed by atoms with Crippen molar-refractivity contribution in [3.05, 3.63) is 34.8 Å². The minimum absolute atomic E-state index is 0.261. The van der Waals surface area contributed by atoms with Gasteiger partial charge in [-0.25, -0.2) is 0 Å². The quantitative estimate of drug-likeness (QED) is 0.660. The van der Waals surface area contributed by atoms with E-state index in [-0.39, 0.29) is 6.04 Å². The van der Waals surface area contributed by atoms with E-state index in [1.807, 2.05) is 6.92 Å². The van der Waals surface area contributed by atoms with Gasteiger partial charge < -0.3 is 5.73 Å². The normalized spacial score (nSPS) is 12.9. The standard InChI is InChI=1S/C13H17N7/c1-3-9-4-8(5-10-7(2)15-16-12(9)10)6-11(14)13-17-19-20-18-13/h4-5,11H,3,6,14H2,1-2H3,(H,15,16)(H,17,18,19,20). The third-order valence-electron chi connectivity index (χ3n) is 3.52. The van der Waals surface area contributed by atoms with Crippen LogP contribution in [-0.4, -0.2) is 30.8 Å². The molecule has 3 rings (SSSR count). The topological polar surface area (TPSA) is 109 Å². The van der Waals surface area contributed by atoms with Gasteiger partial charge in [-0.15, -0.1) is 10.2 Å². The van der Waals surface area contributed by atoms with Gasteiger partial charge in [0.05, 0.1) is 11.6 Å². The molecule has 2 aromatic heterocycles. The van der Waals surface area contributed by atoms with Gasteiger partial charge in [0, 0.05) is 11.1 Å². The number of nitrogens with zero attached hydrogens (tertiary/aromatic N) is 4. The van der Waals surface area contributed by atoms with E-state index in [1.165, 1.54) is 5.56 Å². The maximum Gasteiger partial charge on any atom is 0.191 e. The minimum Gasteiger partial charge on any atom is -0.321 e. The van der Waals surface area contributed by atoms with Gasteiger partial charge in [-0.2, -0.15) is 10.3 Å². The SMILES string of the molecule is CCc1cc(CC(N)c2nn[nH]n2)cc2c(C)[nH]nc12. The fourth-order valence-electron chi connectivity index (χ4n) is 2.44. The van der Waals surface area contributed by atoms with Crippen LogP contribution in [-0.2, 0) is 12.8 Å². The fraction of sp³-hybridized carbons (Fsp3) is 0.385. The van der Waals surface area contributed by atoms with E-state index in [2.05, 4.69) is 49.9 Å². The number of rotatable bonds is 4. The van der Waals surface area contributed by atoms with Gasteiger partial charge in [-0.3, -0.25) is 5.10 Å². The minimum atomic E-state index is -0.261. The Bertz CT molecular complexity index is 714. The lowest BCUT2D eigenvalue weighted by Crippen LogP contribution is -2.15. The van der Waals surface area contributed by atoms with Crippen molar-refractivity contribution in [3.8, 4) is 0 Å². The van der Waals surface area contributed by atoms with E-state index < -0.39 is 0 Å². The van der Waals surface area contributed by atoms with Crippen LogP contribution in [0.2, 0.25) is 0 Å². The van der Waals surface area contributed by atoms with E-state index in [0.29, 0.717) is 12.2 Å². The molecular weight excluding hydrogens is 254 g/mol. The van der Waals surface area contributed by atoms with Crippen LogP contribution in [0, 0.1) is 6.92 Å². The second-order valence-electron chi connectivity index (χ2n) is 4.93. The van der Waals surface area contributed by atoms with Crippen LogP contribution in [0.5, 0.6) is 0 Å². The van der Waals surface area contributed by atoms with E-state index in [1.54, 1.807) is 0 Å². The van der Waals surface area contributed by atoms with E-state index in [9.17, 15) is 0 Å². The molecule has 0 radical (unpaired) electrons. The van der Waals surface area contributed by atoms with Gasteiger partial charge in [0.1, 0.15) is 0 Å². The number of benzene rings is 1. The molecule has 1 atom stereocenters. The molecule has 0 bridgehead atoms. The molecule has 0 aliphatic heterocycles. The number of aromatic nitrogens is 6. The first kappa shape index (κ1) is 12.7. The maximum atomic E-state index is 6.11. The van der Waals surface area contributed by atoms with E-state index in [0.717, 1.165) is 28.6 Å². The molecule has 7 heteroatoms. The molecule has 0 aliphatic carbocycles. The smallest absolute Gasteiger partial charge is 0.191 e. The van der Waals surface area contributed by atoms with Gasteiger partial charge in [0.2, 0.25) is 0 Å². The van der Waals surface area contributed by atoms with Crippen LogP contribution in [0.4, 0.5) is 0 Å². The Morgan fingerprint density at radius 1 is 1.30 bits per heavy atom. The van der Waals surface area contributed by atoms with Crippen molar-refractivity contribution in [3.63, 3.8) is 0 Å². The van der Waals surface area contributed by atoms with Crippen LogP contribution in [0.15, 0.2) is 12.1 Å². The molecule has 0 amide bonds. The highest BCUT2D eigenvalue weighted by Gasteiger charge is 2.14. The Morgan fingerprint density at radius 3 is 2.85 bits per heavy atom. The van der Waals surface area contributed by atoms with Crippen molar-refractivity contribution in [1.29, 1.82) is 0 Å². The lowest BCUT2D eigenvalue weighted by molar-refractivity contribution is 0.669. The Kier molecular flexibility index (Phi) is 3.19. The predicted octanol–water partition coefficient (Wildman–Crippen LogP) is 1.19. The first-order valence-electron chi connectivity index (χ1n) is 6.64. The highest BCUT2D eigenvalue weighted by Crippen LogP contribution is 2.24. The van der Waals surface area contributed by atoms with Crippen molar-refractivity contribution in [2.24, 2.45) is 5.73 Å². The Labute approximate surface area is 116 Å². The van der Waals surface area contributed by atoms with Crippen LogP contribution in [0.25, 0.3) is 10.9 Å². The summed E-state index contributed by atoms with van der Waals surface area (Å²) >= 11 is 0. The Balaban J connectivity index is 1.97. The molecule has 1 aromatic carbocycles. The van der Waals surface area contributed by atoms with Gasteiger partial charge in [-0.05, 0) is 37.0 Å². The molecule has 0 aliphatic rings. The fourth-order valence-corrected chi connectivity index (χ4v) is 2.44. The lowest BCUT2D eigenvalue weighted by Gasteiger charge is -2.09. The summed E-state index contributed by atoms with van der Waals surface area (Å²) in [5.41, 5.74) is 10.6. The Morgan fingerprint density at radius 2 is 2.15 bits per heavy atom. The zero-order valence-electron chi connectivity index (χ0n) is 11.5. The van der Waals surface area contributed by atoms with E-state index in [4.69, 9.17) is 5.73 Å². The molecule has 3 aromatic rings. The van der Waals surface area contributed by atoms with Crippen molar-refractivity contribution in [1.82, 2.24) is 30.8 Å². The van der Waals surface area contributed by atoms with Gasteiger partial charge in [0.25, 0.3) is 0 Å². The summed E-state index contributed by atoms with van der Waals surface area (Å²) in [6, 6.07) is 4.03. The largest absolute Gasteiger partial charge is 0.321 e. The number of aryl methyl sites for hydroxylation is 2. The number of nitrogens with two attached hydrogens (primary N) is 1. The van der Waals surface area contributed by atoms with E-state index >= 15 is 0 Å². The van der Waals surface area contributed by atoms with Gasteiger partial charge >= 0.3 is 0 Å². The summed E-state index contributed by atoms with van der Waals surface area (Å²) < 4.78 is 0. The third kappa shape index (κ3) is 2.16. The molecule has 0 saturated carbocycles. The van der Waals surface area contributed by atoms with Crippen molar-refractivity contribution < 1.29 is 0 Å². The van der Waals surface area contributed by atoms with Crippen molar-refractivity contribution in [2.45, 2.75) is 32.7 Å². The number of hydrogen-bond donors (Lipinski definition) is 3. The van der Waals surface area contributed by atoms with Crippen LogP contribution < -0.4 is 5.73 Å². The molecular formula is C13H17N7. The summed E-state index contributed by atoms with van der Waals surface area (Å²) in [6.07, 6.45) is 1.61. The maximum absolute atomic E-state index is 6.11. The van der Waals surface area contributed by atoms with Crippen LogP contribution >= 0.6 is 0 Å². The summed E-state index contributed by atoms with van der Waals surface area (Å²) in [6.45, 7) is 4.15.